The second-order valence-corrected chi connectivity index (χ2v) is 5.94. The molecule has 0 saturated carbocycles. The number of hydrogen-bond acceptors (Lipinski definition) is 2. The molecule has 0 fully saturated rings. The number of benzene rings is 2. The van der Waals surface area contributed by atoms with Gasteiger partial charge in [0.1, 0.15) is 0 Å². The molecule has 2 aromatic rings. The number of para-hydroxylation sites is 1. The molecule has 1 aliphatic heterocycles. The molecular weight excluding hydrogens is 278 g/mol. The van der Waals surface area contributed by atoms with Crippen LogP contribution in [0.1, 0.15) is 12.0 Å². The van der Waals surface area contributed by atoms with Gasteiger partial charge in [-0.25, -0.2) is 4.99 Å². The summed E-state index contributed by atoms with van der Waals surface area (Å²) in [6.45, 7) is 0.925. The van der Waals surface area contributed by atoms with Gasteiger partial charge >= 0.3 is 0 Å². The molecule has 3 nitrogen and oxygen atoms in total. The molecule has 108 valence electrons. The molecule has 0 spiro atoms. The summed E-state index contributed by atoms with van der Waals surface area (Å²) in [5, 5.41) is 0. The number of fused-ring (bicyclic) bond motifs is 1. The number of guanidine groups is 1. The summed E-state index contributed by atoms with van der Waals surface area (Å²) in [6.07, 6.45) is 4.28. The van der Waals surface area contributed by atoms with E-state index in [0.717, 1.165) is 25.1 Å². The van der Waals surface area contributed by atoms with Crippen molar-refractivity contribution < 1.29 is 0 Å². The smallest absolute Gasteiger partial charge is 0.201 e. The molecule has 0 amide bonds. The Bertz CT molecular complexity index is 667. The molecule has 2 aromatic carbocycles. The van der Waals surface area contributed by atoms with E-state index in [2.05, 4.69) is 52.5 Å². The molecule has 0 unspecified atom stereocenters. The number of aliphatic imine (C=N–C) groups is 1. The van der Waals surface area contributed by atoms with Crippen molar-refractivity contribution in [1.29, 1.82) is 0 Å². The Morgan fingerprint density at radius 1 is 1.19 bits per heavy atom. The van der Waals surface area contributed by atoms with E-state index in [9.17, 15) is 0 Å². The highest BCUT2D eigenvalue weighted by atomic mass is 32.2. The summed E-state index contributed by atoms with van der Waals surface area (Å²) in [7, 11) is 0. The minimum absolute atomic E-state index is 0.570. The number of nitrogens with two attached hydrogens (primary N) is 1. The van der Waals surface area contributed by atoms with Crippen LogP contribution in [0.5, 0.6) is 0 Å². The SMILES string of the molecule is CSc1cccc(N=C(N)N2CCCc3ccccc32)c1. The molecule has 2 N–H and O–H groups in total. The van der Waals surface area contributed by atoms with Crippen LogP contribution >= 0.6 is 11.8 Å². The van der Waals surface area contributed by atoms with E-state index in [0.29, 0.717) is 5.96 Å². The number of nitrogens with zero attached hydrogens (tertiary/aromatic N) is 2. The van der Waals surface area contributed by atoms with Crippen LogP contribution in [-0.4, -0.2) is 18.8 Å². The highest BCUT2D eigenvalue weighted by molar-refractivity contribution is 7.98. The van der Waals surface area contributed by atoms with Crippen LogP contribution in [0.25, 0.3) is 0 Å². The zero-order chi connectivity index (χ0) is 14.7. The standard InChI is InChI=1S/C17H19N3S/c1-21-15-9-4-8-14(12-15)19-17(18)20-11-5-7-13-6-2-3-10-16(13)20/h2-4,6,8-10,12H,5,7,11H2,1H3,(H2,18,19). The normalized spacial score (nSPS) is 14.9. The lowest BCUT2D eigenvalue weighted by atomic mass is 10.0. The Kier molecular flexibility index (Phi) is 4.15. The molecule has 0 aliphatic carbocycles. The topological polar surface area (TPSA) is 41.6 Å². The van der Waals surface area contributed by atoms with Gasteiger partial charge in [0, 0.05) is 17.1 Å². The van der Waals surface area contributed by atoms with E-state index in [1.807, 2.05) is 12.1 Å². The first-order chi connectivity index (χ1) is 10.3. The maximum Gasteiger partial charge on any atom is 0.201 e. The molecular formula is C17H19N3S. The number of aryl methyl sites for hydroxylation is 1. The van der Waals surface area contributed by atoms with Crippen LogP contribution in [0.2, 0.25) is 0 Å². The summed E-state index contributed by atoms with van der Waals surface area (Å²) in [5.41, 5.74) is 9.69. The first kappa shape index (κ1) is 14.0. The third-order valence-electron chi connectivity index (χ3n) is 3.68. The zero-order valence-corrected chi connectivity index (χ0v) is 12.9. The molecule has 1 heterocycles. The van der Waals surface area contributed by atoms with Crippen LogP contribution in [0.15, 0.2) is 58.4 Å². The van der Waals surface area contributed by atoms with Gasteiger partial charge in [-0.3, -0.25) is 0 Å². The number of rotatable bonds is 2. The average molecular weight is 297 g/mol. The van der Waals surface area contributed by atoms with Crippen molar-refractivity contribution in [3.8, 4) is 0 Å². The van der Waals surface area contributed by atoms with Crippen molar-refractivity contribution >= 4 is 29.1 Å². The van der Waals surface area contributed by atoms with Gasteiger partial charge in [0.2, 0.25) is 5.96 Å². The van der Waals surface area contributed by atoms with Crippen molar-refractivity contribution in [3.63, 3.8) is 0 Å². The number of anilines is 1. The Hall–Kier alpha value is -1.94. The second kappa shape index (κ2) is 6.22. The van der Waals surface area contributed by atoms with Crippen molar-refractivity contribution in [1.82, 2.24) is 0 Å². The van der Waals surface area contributed by atoms with E-state index in [1.54, 1.807) is 11.8 Å². The molecule has 0 aromatic heterocycles. The predicted octanol–water partition coefficient (Wildman–Crippen LogP) is 3.81. The highest BCUT2D eigenvalue weighted by Gasteiger charge is 2.18. The third kappa shape index (κ3) is 3.05. The average Bonchev–Trinajstić information content (AvgIpc) is 2.54. The molecule has 21 heavy (non-hydrogen) atoms. The van der Waals surface area contributed by atoms with Crippen molar-refractivity contribution in [2.24, 2.45) is 10.7 Å². The number of hydrogen-bond donors (Lipinski definition) is 1. The summed E-state index contributed by atoms with van der Waals surface area (Å²) in [4.78, 5) is 7.91. The van der Waals surface area contributed by atoms with E-state index < -0.39 is 0 Å². The summed E-state index contributed by atoms with van der Waals surface area (Å²) < 4.78 is 0. The van der Waals surface area contributed by atoms with Gasteiger partial charge in [-0.2, -0.15) is 0 Å². The Balaban J connectivity index is 1.91. The summed E-state index contributed by atoms with van der Waals surface area (Å²) in [5.74, 6) is 0.570. The molecule has 3 rings (SSSR count). The van der Waals surface area contributed by atoms with E-state index in [1.165, 1.54) is 16.1 Å². The van der Waals surface area contributed by atoms with Crippen molar-refractivity contribution in [2.75, 3.05) is 17.7 Å². The van der Waals surface area contributed by atoms with Crippen LogP contribution in [0.4, 0.5) is 11.4 Å². The fourth-order valence-electron chi connectivity index (χ4n) is 2.64. The van der Waals surface area contributed by atoms with Crippen LogP contribution in [0.3, 0.4) is 0 Å². The van der Waals surface area contributed by atoms with Gasteiger partial charge in [0.05, 0.1) is 5.69 Å². The molecule has 4 heteroatoms. The van der Waals surface area contributed by atoms with E-state index in [-0.39, 0.29) is 0 Å². The Labute approximate surface area is 129 Å². The van der Waals surface area contributed by atoms with Crippen molar-refractivity contribution in [2.45, 2.75) is 17.7 Å². The van der Waals surface area contributed by atoms with Crippen LogP contribution in [-0.2, 0) is 6.42 Å². The largest absolute Gasteiger partial charge is 0.369 e. The van der Waals surface area contributed by atoms with Crippen molar-refractivity contribution in [3.05, 3.63) is 54.1 Å². The quantitative estimate of drug-likeness (QED) is 0.521. The maximum atomic E-state index is 6.26. The summed E-state index contributed by atoms with van der Waals surface area (Å²) in [6, 6.07) is 16.6. The Morgan fingerprint density at radius 2 is 2.05 bits per heavy atom. The maximum absolute atomic E-state index is 6.26. The lowest BCUT2D eigenvalue weighted by Crippen LogP contribution is -2.40. The first-order valence-corrected chi connectivity index (χ1v) is 8.34. The van der Waals surface area contributed by atoms with Crippen LogP contribution in [0, 0.1) is 0 Å². The second-order valence-electron chi connectivity index (χ2n) is 5.06. The van der Waals surface area contributed by atoms with E-state index in [4.69, 9.17) is 5.73 Å². The van der Waals surface area contributed by atoms with Crippen LogP contribution < -0.4 is 10.6 Å². The number of thioether (sulfide) groups is 1. The minimum Gasteiger partial charge on any atom is -0.369 e. The van der Waals surface area contributed by atoms with Gasteiger partial charge in [0.15, 0.2) is 0 Å². The molecule has 0 saturated heterocycles. The highest BCUT2D eigenvalue weighted by Crippen LogP contribution is 2.27. The van der Waals surface area contributed by atoms with Gasteiger partial charge < -0.3 is 10.6 Å². The summed E-state index contributed by atoms with van der Waals surface area (Å²) >= 11 is 1.71. The Morgan fingerprint density at radius 3 is 2.90 bits per heavy atom. The van der Waals surface area contributed by atoms with Gasteiger partial charge in [-0.05, 0) is 48.9 Å². The molecule has 0 radical (unpaired) electrons. The fraction of sp³-hybridized carbons (Fsp3) is 0.235. The van der Waals surface area contributed by atoms with Gasteiger partial charge in [-0.1, -0.05) is 24.3 Å². The predicted molar refractivity (Wildman–Crippen MR) is 91.6 cm³/mol. The fourth-order valence-corrected chi connectivity index (χ4v) is 3.10. The molecule has 0 bridgehead atoms. The first-order valence-electron chi connectivity index (χ1n) is 7.11. The lowest BCUT2D eigenvalue weighted by Gasteiger charge is -2.30. The lowest BCUT2D eigenvalue weighted by molar-refractivity contribution is 0.775. The monoisotopic (exact) mass is 297 g/mol. The third-order valence-corrected chi connectivity index (χ3v) is 4.41. The molecule has 1 aliphatic rings. The molecule has 0 atom stereocenters. The van der Waals surface area contributed by atoms with Gasteiger partial charge in [0.25, 0.3) is 0 Å². The van der Waals surface area contributed by atoms with Gasteiger partial charge in [-0.15, -0.1) is 11.8 Å². The van der Waals surface area contributed by atoms with E-state index >= 15 is 0 Å². The zero-order valence-electron chi connectivity index (χ0n) is 12.1. The minimum atomic E-state index is 0.570.